The monoisotopic (exact) mass is 299 g/mol. The third-order valence-electron chi connectivity index (χ3n) is 3.25. The maximum Gasteiger partial charge on any atom is 0.326 e. The summed E-state index contributed by atoms with van der Waals surface area (Å²) >= 11 is 1.22. The fourth-order valence-electron chi connectivity index (χ4n) is 2.17. The van der Waals surface area contributed by atoms with E-state index in [4.69, 9.17) is 9.47 Å². The van der Waals surface area contributed by atoms with Gasteiger partial charge in [-0.3, -0.25) is 4.79 Å². The number of carboxylic acids is 1. The van der Waals surface area contributed by atoms with E-state index in [1.165, 1.54) is 18.4 Å². The summed E-state index contributed by atoms with van der Waals surface area (Å²) < 4.78 is 10.3. The molecule has 1 aliphatic rings. The average Bonchev–Trinajstić information content (AvgIpc) is 2.94. The summed E-state index contributed by atoms with van der Waals surface area (Å²) in [7, 11) is 1.52. The molecule has 0 spiro atoms. The second-order valence-electron chi connectivity index (χ2n) is 4.62. The number of carbonyl (C=O) groups excluding carboxylic acids is 1. The second kappa shape index (κ2) is 6.71. The maximum absolute atomic E-state index is 12.1. The van der Waals surface area contributed by atoms with Gasteiger partial charge in [0.2, 0.25) is 0 Å². The smallest absolute Gasteiger partial charge is 0.326 e. The highest BCUT2D eigenvalue weighted by Gasteiger charge is 2.31. The highest BCUT2D eigenvalue weighted by Crippen LogP contribution is 2.22. The van der Waals surface area contributed by atoms with E-state index in [1.54, 1.807) is 11.4 Å². The molecule has 2 atom stereocenters. The van der Waals surface area contributed by atoms with Crippen molar-refractivity contribution in [3.05, 3.63) is 16.3 Å². The second-order valence-corrected chi connectivity index (χ2v) is 5.53. The lowest BCUT2D eigenvalue weighted by molar-refractivity contribution is -0.142. The Morgan fingerprint density at radius 3 is 2.95 bits per heavy atom. The molecule has 1 aliphatic heterocycles. The Kier molecular flexibility index (Phi) is 4.97. The zero-order chi connectivity index (χ0) is 14.5. The molecular weight excluding hydrogens is 282 g/mol. The minimum Gasteiger partial charge on any atom is -0.496 e. The van der Waals surface area contributed by atoms with Gasteiger partial charge in [-0.1, -0.05) is 0 Å². The summed E-state index contributed by atoms with van der Waals surface area (Å²) in [6.45, 7) is 1.02. The molecule has 110 valence electrons. The molecule has 1 aromatic heterocycles. The van der Waals surface area contributed by atoms with Crippen LogP contribution in [0.2, 0.25) is 0 Å². The first kappa shape index (κ1) is 14.8. The molecule has 1 aromatic rings. The molecule has 6 nitrogen and oxygen atoms in total. The lowest BCUT2D eigenvalue weighted by Gasteiger charge is -2.27. The van der Waals surface area contributed by atoms with Gasteiger partial charge in [0.25, 0.3) is 5.91 Å². The van der Waals surface area contributed by atoms with Gasteiger partial charge < -0.3 is 19.9 Å². The zero-order valence-electron chi connectivity index (χ0n) is 11.1. The molecule has 0 saturated carbocycles. The molecule has 7 heteroatoms. The van der Waals surface area contributed by atoms with Gasteiger partial charge in [-0.05, 0) is 12.8 Å². The summed E-state index contributed by atoms with van der Waals surface area (Å²) in [5.41, 5.74) is 0. The molecule has 1 amide bonds. The quantitative estimate of drug-likeness (QED) is 0.857. The first-order valence-electron chi connectivity index (χ1n) is 6.35. The highest BCUT2D eigenvalue weighted by atomic mass is 32.1. The lowest BCUT2D eigenvalue weighted by atomic mass is 9.93. The zero-order valence-corrected chi connectivity index (χ0v) is 11.9. The van der Waals surface area contributed by atoms with Crippen LogP contribution in [0.1, 0.15) is 22.5 Å². The van der Waals surface area contributed by atoms with Crippen LogP contribution in [0.3, 0.4) is 0 Å². The molecule has 2 rings (SSSR count). The SMILES string of the molecule is COc1csc(C(=O)N[C@H](C(=O)O)[C@H]2CCCOC2)c1. The minimum absolute atomic E-state index is 0.188. The average molecular weight is 299 g/mol. The van der Waals surface area contributed by atoms with Crippen LogP contribution < -0.4 is 10.1 Å². The van der Waals surface area contributed by atoms with Crippen LogP contribution in [0.15, 0.2) is 11.4 Å². The standard InChI is InChI=1S/C13H17NO5S/c1-18-9-5-10(20-7-9)12(15)14-11(13(16)17)8-3-2-4-19-6-8/h5,7-8,11H,2-4,6H2,1H3,(H,14,15)(H,16,17)/t8-,11-/m0/s1. The summed E-state index contributed by atoms with van der Waals surface area (Å²) in [6, 6.07) is 0.673. The normalized spacial score (nSPS) is 20.1. The van der Waals surface area contributed by atoms with Crippen molar-refractivity contribution in [1.29, 1.82) is 0 Å². The van der Waals surface area contributed by atoms with Gasteiger partial charge >= 0.3 is 5.97 Å². The number of methoxy groups -OCH3 is 1. The van der Waals surface area contributed by atoms with Crippen molar-refractivity contribution in [2.75, 3.05) is 20.3 Å². The van der Waals surface area contributed by atoms with Gasteiger partial charge in [-0.2, -0.15) is 0 Å². The van der Waals surface area contributed by atoms with Gasteiger partial charge in [-0.15, -0.1) is 11.3 Å². The van der Waals surface area contributed by atoms with Gasteiger partial charge in [0.15, 0.2) is 0 Å². The molecule has 2 heterocycles. The van der Waals surface area contributed by atoms with Crippen molar-refractivity contribution in [3.63, 3.8) is 0 Å². The van der Waals surface area contributed by atoms with Crippen LogP contribution in [-0.4, -0.2) is 43.3 Å². The van der Waals surface area contributed by atoms with E-state index in [0.29, 0.717) is 23.8 Å². The van der Waals surface area contributed by atoms with Crippen LogP contribution >= 0.6 is 11.3 Å². The summed E-state index contributed by atoms with van der Waals surface area (Å²) in [6.07, 6.45) is 1.56. The number of aliphatic carboxylic acids is 1. The Balaban J connectivity index is 2.03. The predicted molar refractivity (Wildman–Crippen MR) is 73.3 cm³/mol. The molecule has 0 aromatic carbocycles. The van der Waals surface area contributed by atoms with Crippen molar-refractivity contribution < 1.29 is 24.2 Å². The number of carbonyl (C=O) groups is 2. The van der Waals surface area contributed by atoms with Crippen LogP contribution in [0, 0.1) is 5.92 Å². The Bertz CT molecular complexity index is 481. The number of thiophene rings is 1. The van der Waals surface area contributed by atoms with E-state index in [-0.39, 0.29) is 5.92 Å². The van der Waals surface area contributed by atoms with E-state index in [0.717, 1.165) is 12.8 Å². The van der Waals surface area contributed by atoms with Crippen molar-refractivity contribution in [2.24, 2.45) is 5.92 Å². The van der Waals surface area contributed by atoms with Crippen molar-refractivity contribution in [1.82, 2.24) is 5.32 Å². The van der Waals surface area contributed by atoms with E-state index in [2.05, 4.69) is 5.32 Å². The molecule has 20 heavy (non-hydrogen) atoms. The van der Waals surface area contributed by atoms with Crippen molar-refractivity contribution in [2.45, 2.75) is 18.9 Å². The molecular formula is C13H17NO5S. The number of ether oxygens (including phenoxy) is 2. The number of hydrogen-bond acceptors (Lipinski definition) is 5. The van der Waals surface area contributed by atoms with Crippen LogP contribution in [0.25, 0.3) is 0 Å². The number of rotatable bonds is 5. The lowest BCUT2D eigenvalue weighted by Crippen LogP contribution is -2.48. The summed E-state index contributed by atoms with van der Waals surface area (Å²) in [5.74, 6) is -1.02. The topological polar surface area (TPSA) is 84.9 Å². The maximum atomic E-state index is 12.1. The van der Waals surface area contributed by atoms with E-state index >= 15 is 0 Å². The first-order chi connectivity index (χ1) is 9.61. The van der Waals surface area contributed by atoms with E-state index in [1.807, 2.05) is 0 Å². The molecule has 0 radical (unpaired) electrons. The summed E-state index contributed by atoms with van der Waals surface area (Å²) in [4.78, 5) is 23.8. The van der Waals surface area contributed by atoms with Gasteiger partial charge in [-0.25, -0.2) is 4.79 Å². The predicted octanol–water partition coefficient (Wildman–Crippen LogP) is 1.37. The largest absolute Gasteiger partial charge is 0.496 e. The van der Waals surface area contributed by atoms with Gasteiger partial charge in [0.05, 0.1) is 18.6 Å². The number of nitrogens with one attached hydrogen (secondary N) is 1. The Morgan fingerprint density at radius 2 is 2.40 bits per heavy atom. The Morgan fingerprint density at radius 1 is 1.60 bits per heavy atom. The summed E-state index contributed by atoms with van der Waals surface area (Å²) in [5, 5.41) is 13.6. The van der Waals surface area contributed by atoms with Crippen LogP contribution in [0.5, 0.6) is 5.75 Å². The van der Waals surface area contributed by atoms with Crippen molar-refractivity contribution >= 4 is 23.2 Å². The Hall–Kier alpha value is -1.60. The van der Waals surface area contributed by atoms with Crippen LogP contribution in [-0.2, 0) is 9.53 Å². The molecule has 0 aliphatic carbocycles. The number of carboxylic acid groups (broad SMARTS) is 1. The molecule has 0 bridgehead atoms. The molecule has 0 unspecified atom stereocenters. The molecule has 1 fully saturated rings. The van der Waals surface area contributed by atoms with Crippen LogP contribution in [0.4, 0.5) is 0 Å². The third kappa shape index (κ3) is 3.49. The first-order valence-corrected chi connectivity index (χ1v) is 7.23. The van der Waals surface area contributed by atoms with E-state index < -0.39 is 17.9 Å². The highest BCUT2D eigenvalue weighted by molar-refractivity contribution is 7.12. The third-order valence-corrected chi connectivity index (χ3v) is 4.16. The molecule has 1 saturated heterocycles. The van der Waals surface area contributed by atoms with Gasteiger partial charge in [0, 0.05) is 24.0 Å². The van der Waals surface area contributed by atoms with E-state index in [9.17, 15) is 14.7 Å². The fourth-order valence-corrected chi connectivity index (χ4v) is 2.92. The fraction of sp³-hybridized carbons (Fsp3) is 0.538. The number of hydrogen-bond donors (Lipinski definition) is 2. The number of amides is 1. The van der Waals surface area contributed by atoms with Gasteiger partial charge in [0.1, 0.15) is 11.8 Å². The minimum atomic E-state index is -1.03. The molecule has 2 N–H and O–H groups in total. The van der Waals surface area contributed by atoms with Crippen molar-refractivity contribution in [3.8, 4) is 5.75 Å². The Labute approximate surface area is 120 Å².